The lowest BCUT2D eigenvalue weighted by Crippen LogP contribution is -2.22. The molecule has 1 amide bonds. The van der Waals surface area contributed by atoms with Crippen LogP contribution in [0.3, 0.4) is 0 Å². The number of carbonyl (C=O) groups excluding carboxylic acids is 1. The number of nitrogens with one attached hydrogen (secondary N) is 1. The van der Waals surface area contributed by atoms with E-state index in [1.54, 1.807) is 36.7 Å². The molecule has 8 heteroatoms. The zero-order chi connectivity index (χ0) is 23.9. The fourth-order valence-corrected chi connectivity index (χ4v) is 3.97. The first kappa shape index (κ1) is 23.6. The summed E-state index contributed by atoms with van der Waals surface area (Å²) in [5.74, 6) is 0.803. The average Bonchev–Trinajstić information content (AvgIpc) is 2.86. The molecule has 172 valence electrons. The fourth-order valence-electron chi connectivity index (χ4n) is 3.05. The van der Waals surface area contributed by atoms with Crippen molar-refractivity contribution in [2.45, 2.75) is 16.5 Å². The van der Waals surface area contributed by atoms with Gasteiger partial charge in [-0.2, -0.15) is 0 Å². The first-order valence-corrected chi connectivity index (χ1v) is 11.7. The van der Waals surface area contributed by atoms with E-state index in [0.29, 0.717) is 33.8 Å². The summed E-state index contributed by atoms with van der Waals surface area (Å²) in [7, 11) is 3.99. The molecule has 0 unspecified atom stereocenters. The smallest absolute Gasteiger partial charge is 0.252 e. The van der Waals surface area contributed by atoms with E-state index < -0.39 is 0 Å². The zero-order valence-electron chi connectivity index (χ0n) is 18.7. The Bertz CT molecular complexity index is 1250. The molecule has 0 atom stereocenters. The summed E-state index contributed by atoms with van der Waals surface area (Å²) in [5.41, 5.74) is 2.70. The van der Waals surface area contributed by atoms with Crippen molar-refractivity contribution < 1.29 is 9.53 Å². The molecule has 0 fully saturated rings. The van der Waals surface area contributed by atoms with Crippen LogP contribution in [0.2, 0.25) is 5.02 Å². The number of ether oxygens (including phenoxy) is 1. The Hall–Kier alpha value is -3.55. The summed E-state index contributed by atoms with van der Waals surface area (Å²) in [6, 6.07) is 22.5. The predicted octanol–water partition coefficient (Wildman–Crippen LogP) is 6.07. The van der Waals surface area contributed by atoms with Crippen LogP contribution in [0.25, 0.3) is 0 Å². The number of rotatable bonds is 8. The Labute approximate surface area is 208 Å². The molecular weight excluding hydrogens is 468 g/mol. The van der Waals surface area contributed by atoms with Gasteiger partial charge in [0, 0.05) is 54.2 Å². The van der Waals surface area contributed by atoms with Crippen LogP contribution in [0.4, 0.5) is 5.69 Å². The van der Waals surface area contributed by atoms with Gasteiger partial charge in [0.15, 0.2) is 5.03 Å². The van der Waals surface area contributed by atoms with Gasteiger partial charge in [-0.25, -0.2) is 9.97 Å². The van der Waals surface area contributed by atoms with E-state index in [0.717, 1.165) is 16.1 Å². The standard InChI is InChI=1S/C26H23ClN4O2S/c1-31(2)21-9-3-18(4-10-21)17-30-24(32)19-5-11-22(12-6-19)33-25-26(29-16-15-28-25)34-23-13-7-20(27)8-14-23/h3-16H,17H2,1-2H3,(H,30,32). The second kappa shape index (κ2) is 11.0. The van der Waals surface area contributed by atoms with E-state index in [1.165, 1.54) is 11.8 Å². The molecule has 0 saturated heterocycles. The summed E-state index contributed by atoms with van der Waals surface area (Å²) in [5, 5.41) is 4.25. The molecular formula is C26H23ClN4O2S. The van der Waals surface area contributed by atoms with Gasteiger partial charge in [0.2, 0.25) is 0 Å². The first-order chi connectivity index (χ1) is 16.5. The Balaban J connectivity index is 1.37. The minimum Gasteiger partial charge on any atom is -0.437 e. The Kier molecular flexibility index (Phi) is 7.67. The van der Waals surface area contributed by atoms with Crippen LogP contribution in [0.5, 0.6) is 11.6 Å². The highest BCUT2D eigenvalue weighted by Gasteiger charge is 2.11. The number of hydrogen-bond acceptors (Lipinski definition) is 6. The van der Waals surface area contributed by atoms with Gasteiger partial charge in [-0.15, -0.1) is 0 Å². The molecule has 4 rings (SSSR count). The minimum atomic E-state index is -0.151. The molecule has 0 bridgehead atoms. The summed E-state index contributed by atoms with van der Waals surface area (Å²) >= 11 is 7.40. The van der Waals surface area contributed by atoms with Gasteiger partial charge in [-0.05, 0) is 66.2 Å². The molecule has 0 spiro atoms. The number of nitrogens with zero attached hydrogens (tertiary/aromatic N) is 3. The number of amides is 1. The van der Waals surface area contributed by atoms with Gasteiger partial charge >= 0.3 is 0 Å². The van der Waals surface area contributed by atoms with Gasteiger partial charge in [-0.1, -0.05) is 35.5 Å². The molecule has 34 heavy (non-hydrogen) atoms. The average molecular weight is 491 g/mol. The summed E-state index contributed by atoms with van der Waals surface area (Å²) < 4.78 is 5.94. The van der Waals surface area contributed by atoms with Crippen molar-refractivity contribution in [3.05, 3.63) is 101 Å². The molecule has 4 aromatic rings. The van der Waals surface area contributed by atoms with E-state index in [9.17, 15) is 4.79 Å². The molecule has 6 nitrogen and oxygen atoms in total. The van der Waals surface area contributed by atoms with Crippen molar-refractivity contribution in [1.82, 2.24) is 15.3 Å². The van der Waals surface area contributed by atoms with Crippen LogP contribution < -0.4 is 15.0 Å². The van der Waals surface area contributed by atoms with Crippen molar-refractivity contribution in [3.63, 3.8) is 0 Å². The highest BCUT2D eigenvalue weighted by atomic mass is 35.5. The summed E-state index contributed by atoms with van der Waals surface area (Å²) in [6.45, 7) is 0.454. The van der Waals surface area contributed by atoms with Gasteiger partial charge in [0.1, 0.15) is 5.75 Å². The van der Waals surface area contributed by atoms with Crippen molar-refractivity contribution in [1.29, 1.82) is 0 Å². The Morgan fingerprint density at radius 1 is 0.941 bits per heavy atom. The topological polar surface area (TPSA) is 67.4 Å². The Morgan fingerprint density at radius 2 is 1.62 bits per heavy atom. The number of benzene rings is 3. The second-order valence-electron chi connectivity index (χ2n) is 7.59. The molecule has 1 N–H and O–H groups in total. The summed E-state index contributed by atoms with van der Waals surface area (Å²) in [4.78, 5) is 24.2. The predicted molar refractivity (Wildman–Crippen MR) is 136 cm³/mol. The largest absolute Gasteiger partial charge is 0.437 e. The SMILES string of the molecule is CN(C)c1ccc(CNC(=O)c2ccc(Oc3nccnc3Sc3ccc(Cl)cc3)cc2)cc1. The Morgan fingerprint density at radius 3 is 2.29 bits per heavy atom. The molecule has 0 saturated carbocycles. The van der Waals surface area contributed by atoms with Crippen LogP contribution in [-0.2, 0) is 6.54 Å². The third kappa shape index (κ3) is 6.27. The van der Waals surface area contributed by atoms with E-state index >= 15 is 0 Å². The molecule has 0 aliphatic rings. The molecule has 1 heterocycles. The van der Waals surface area contributed by atoms with Gasteiger partial charge < -0.3 is 15.0 Å². The lowest BCUT2D eigenvalue weighted by Gasteiger charge is -2.13. The van der Waals surface area contributed by atoms with Gasteiger partial charge in [0.05, 0.1) is 0 Å². The number of hydrogen-bond donors (Lipinski definition) is 1. The first-order valence-electron chi connectivity index (χ1n) is 10.5. The number of anilines is 1. The van der Waals surface area contributed by atoms with Crippen LogP contribution in [0.1, 0.15) is 15.9 Å². The maximum absolute atomic E-state index is 12.5. The molecule has 0 radical (unpaired) electrons. The van der Waals surface area contributed by atoms with Gasteiger partial charge in [-0.3, -0.25) is 4.79 Å². The lowest BCUT2D eigenvalue weighted by molar-refractivity contribution is 0.0951. The van der Waals surface area contributed by atoms with Crippen LogP contribution in [0, 0.1) is 0 Å². The van der Waals surface area contributed by atoms with Crippen molar-refractivity contribution in [2.24, 2.45) is 0 Å². The monoisotopic (exact) mass is 490 g/mol. The second-order valence-corrected chi connectivity index (χ2v) is 9.09. The quantitative estimate of drug-likeness (QED) is 0.323. The van der Waals surface area contributed by atoms with Crippen molar-refractivity contribution in [2.75, 3.05) is 19.0 Å². The van der Waals surface area contributed by atoms with Gasteiger partial charge in [0.25, 0.3) is 11.8 Å². The van der Waals surface area contributed by atoms with Crippen molar-refractivity contribution >= 4 is 35.0 Å². The van der Waals surface area contributed by atoms with E-state index in [1.807, 2.05) is 67.5 Å². The molecule has 0 aliphatic heterocycles. The highest BCUT2D eigenvalue weighted by Crippen LogP contribution is 2.34. The third-order valence-electron chi connectivity index (χ3n) is 4.90. The zero-order valence-corrected chi connectivity index (χ0v) is 20.3. The molecule has 0 aliphatic carbocycles. The van der Waals surface area contributed by atoms with E-state index in [-0.39, 0.29) is 5.91 Å². The maximum Gasteiger partial charge on any atom is 0.252 e. The molecule has 1 aromatic heterocycles. The van der Waals surface area contributed by atoms with E-state index in [4.69, 9.17) is 16.3 Å². The number of carbonyl (C=O) groups is 1. The van der Waals surface area contributed by atoms with E-state index in [2.05, 4.69) is 15.3 Å². The lowest BCUT2D eigenvalue weighted by atomic mass is 10.1. The van der Waals surface area contributed by atoms with Crippen LogP contribution in [-0.4, -0.2) is 30.0 Å². The van der Waals surface area contributed by atoms with Crippen molar-refractivity contribution in [3.8, 4) is 11.6 Å². The minimum absolute atomic E-state index is 0.151. The maximum atomic E-state index is 12.5. The van der Waals surface area contributed by atoms with Crippen LogP contribution in [0.15, 0.2) is 95.1 Å². The molecule has 3 aromatic carbocycles. The third-order valence-corrected chi connectivity index (χ3v) is 6.13. The highest BCUT2D eigenvalue weighted by molar-refractivity contribution is 7.99. The summed E-state index contributed by atoms with van der Waals surface area (Å²) in [6.07, 6.45) is 3.20. The number of aromatic nitrogens is 2. The normalized spacial score (nSPS) is 10.6. The fraction of sp³-hybridized carbons (Fsp3) is 0.115. The number of halogens is 1. The van der Waals surface area contributed by atoms with Crippen LogP contribution >= 0.6 is 23.4 Å².